The number of benzene rings is 3. The Labute approximate surface area is 201 Å². The topological polar surface area (TPSA) is 78.3 Å². The number of aryl methyl sites for hydroxylation is 1. The average Bonchev–Trinajstić information content (AvgIpc) is 3.44. The summed E-state index contributed by atoms with van der Waals surface area (Å²) >= 11 is 1.60. The fourth-order valence-corrected chi connectivity index (χ4v) is 4.99. The lowest BCUT2D eigenvalue weighted by atomic mass is 10.2. The Hall–Kier alpha value is -3.75. The van der Waals surface area contributed by atoms with Crippen LogP contribution in [0, 0.1) is 0 Å². The average molecular weight is 473 g/mol. The zero-order valence-electron chi connectivity index (χ0n) is 18.9. The molecule has 0 fully saturated rings. The van der Waals surface area contributed by atoms with Gasteiger partial charge in [-0.25, -0.2) is 14.8 Å². The predicted octanol–water partition coefficient (Wildman–Crippen LogP) is 5.88. The van der Waals surface area contributed by atoms with Crippen molar-refractivity contribution in [2.45, 2.75) is 13.0 Å². The summed E-state index contributed by atoms with van der Waals surface area (Å²) in [5, 5.41) is 4.22. The van der Waals surface area contributed by atoms with E-state index in [1.165, 1.54) is 7.11 Å². The van der Waals surface area contributed by atoms with Gasteiger partial charge in [-0.2, -0.15) is 0 Å². The Morgan fingerprint density at radius 3 is 2.65 bits per heavy atom. The van der Waals surface area contributed by atoms with E-state index in [-0.39, 0.29) is 5.97 Å². The van der Waals surface area contributed by atoms with Crippen LogP contribution in [-0.2, 0) is 16.0 Å². The summed E-state index contributed by atoms with van der Waals surface area (Å²) in [6.45, 7) is 1.39. The van der Waals surface area contributed by atoms with E-state index in [1.54, 1.807) is 30.6 Å². The maximum absolute atomic E-state index is 12.1. The number of methoxy groups -OCH3 is 2. The lowest BCUT2D eigenvalue weighted by Gasteiger charge is -2.10. The molecule has 5 rings (SSSR count). The predicted molar refractivity (Wildman–Crippen MR) is 136 cm³/mol. The number of hydrogen-bond acceptors (Lipinski definition) is 7. The minimum atomic E-state index is -0.376. The molecule has 7 nitrogen and oxygen atoms in total. The van der Waals surface area contributed by atoms with Gasteiger partial charge in [0.05, 0.1) is 33.9 Å². The van der Waals surface area contributed by atoms with Crippen molar-refractivity contribution in [3.8, 4) is 11.4 Å². The standard InChI is InChI=1S/C26H24N4O3S/c1-32-15-7-14-30-22-13-12-17(25(31)33-2)16-21(22)28-24(30)19-10-6-11-20-23(19)34-26(29-20)27-18-8-4-3-5-9-18/h3-6,8-13,16H,7,14-15H2,1-2H3,(H,27,29). The van der Waals surface area contributed by atoms with E-state index >= 15 is 0 Å². The summed E-state index contributed by atoms with van der Waals surface area (Å²) in [7, 11) is 3.09. The van der Waals surface area contributed by atoms with Crippen molar-refractivity contribution in [2.24, 2.45) is 0 Å². The summed E-state index contributed by atoms with van der Waals surface area (Å²) in [4.78, 5) is 21.8. The van der Waals surface area contributed by atoms with Crippen molar-refractivity contribution in [1.29, 1.82) is 0 Å². The number of fused-ring (bicyclic) bond motifs is 2. The first kappa shape index (κ1) is 22.1. The van der Waals surface area contributed by atoms with Crippen molar-refractivity contribution in [3.63, 3.8) is 0 Å². The van der Waals surface area contributed by atoms with Crippen LogP contribution in [0.25, 0.3) is 32.6 Å². The second-order valence-corrected chi connectivity index (χ2v) is 8.79. The molecule has 0 unspecified atom stereocenters. The van der Waals surface area contributed by atoms with Gasteiger partial charge in [0, 0.05) is 31.5 Å². The third-order valence-electron chi connectivity index (χ3n) is 5.58. The highest BCUT2D eigenvalue weighted by molar-refractivity contribution is 7.22. The molecule has 8 heteroatoms. The third kappa shape index (κ3) is 4.25. The number of thiazole rings is 1. The Balaban J connectivity index is 1.62. The highest BCUT2D eigenvalue weighted by Gasteiger charge is 2.18. The van der Waals surface area contributed by atoms with Crippen molar-refractivity contribution in [3.05, 3.63) is 72.3 Å². The first-order valence-electron chi connectivity index (χ1n) is 11.0. The van der Waals surface area contributed by atoms with Crippen LogP contribution in [0.5, 0.6) is 0 Å². The van der Waals surface area contributed by atoms with E-state index in [0.717, 1.165) is 56.4 Å². The Kier molecular flexibility index (Phi) is 6.24. The quantitative estimate of drug-likeness (QED) is 0.224. The third-order valence-corrected chi connectivity index (χ3v) is 6.60. The lowest BCUT2D eigenvalue weighted by molar-refractivity contribution is 0.0601. The van der Waals surface area contributed by atoms with Crippen LogP contribution in [0.4, 0.5) is 10.8 Å². The molecule has 0 aliphatic heterocycles. The molecule has 0 saturated carbocycles. The van der Waals surface area contributed by atoms with Crippen molar-refractivity contribution in [2.75, 3.05) is 26.1 Å². The SMILES string of the molecule is COCCCn1c(-c2cccc3nc(Nc4ccccc4)sc23)nc2cc(C(=O)OC)ccc21. The maximum Gasteiger partial charge on any atom is 0.337 e. The first-order chi connectivity index (χ1) is 16.7. The van der Waals surface area contributed by atoms with E-state index in [1.807, 2.05) is 48.5 Å². The Morgan fingerprint density at radius 2 is 1.85 bits per heavy atom. The van der Waals surface area contributed by atoms with Gasteiger partial charge in [-0.3, -0.25) is 0 Å². The fraction of sp³-hybridized carbons (Fsp3) is 0.192. The Bertz CT molecular complexity index is 1460. The van der Waals surface area contributed by atoms with Crippen LogP contribution in [0.1, 0.15) is 16.8 Å². The smallest absolute Gasteiger partial charge is 0.337 e. The highest BCUT2D eigenvalue weighted by Crippen LogP contribution is 2.37. The number of nitrogens with zero attached hydrogens (tertiary/aromatic N) is 3. The zero-order chi connectivity index (χ0) is 23.5. The van der Waals surface area contributed by atoms with E-state index in [0.29, 0.717) is 12.2 Å². The molecule has 3 aromatic carbocycles. The summed E-state index contributed by atoms with van der Waals surface area (Å²) in [6.07, 6.45) is 0.840. The van der Waals surface area contributed by atoms with Crippen LogP contribution >= 0.6 is 11.3 Å². The lowest BCUT2D eigenvalue weighted by Crippen LogP contribution is -2.04. The molecule has 0 radical (unpaired) electrons. The highest BCUT2D eigenvalue weighted by atomic mass is 32.1. The molecule has 172 valence electrons. The maximum atomic E-state index is 12.1. The monoisotopic (exact) mass is 472 g/mol. The minimum Gasteiger partial charge on any atom is -0.465 e. The number of imidazole rings is 1. The number of hydrogen-bond donors (Lipinski definition) is 1. The molecule has 1 N–H and O–H groups in total. The molecule has 0 saturated heterocycles. The minimum absolute atomic E-state index is 0.376. The number of carbonyl (C=O) groups is 1. The molecule has 0 atom stereocenters. The number of carbonyl (C=O) groups excluding carboxylic acids is 1. The number of esters is 1. The Morgan fingerprint density at radius 1 is 1.00 bits per heavy atom. The van der Waals surface area contributed by atoms with E-state index in [4.69, 9.17) is 19.4 Å². The molecule has 0 aliphatic carbocycles. The van der Waals surface area contributed by atoms with Crippen molar-refractivity contribution in [1.82, 2.24) is 14.5 Å². The van der Waals surface area contributed by atoms with Crippen LogP contribution in [-0.4, -0.2) is 41.3 Å². The van der Waals surface area contributed by atoms with Gasteiger partial charge in [0.15, 0.2) is 5.13 Å². The molecule has 5 aromatic rings. The number of para-hydroxylation sites is 1. The second-order valence-electron chi connectivity index (χ2n) is 7.79. The summed E-state index contributed by atoms with van der Waals surface area (Å²) in [6, 6.07) is 21.6. The van der Waals surface area contributed by atoms with Crippen LogP contribution < -0.4 is 5.32 Å². The van der Waals surface area contributed by atoms with Gasteiger partial charge in [-0.15, -0.1) is 0 Å². The number of aromatic nitrogens is 3. The molecule has 2 heterocycles. The molecular formula is C26H24N4O3S. The fourth-order valence-electron chi connectivity index (χ4n) is 4.00. The van der Waals surface area contributed by atoms with Gasteiger partial charge in [-0.1, -0.05) is 35.6 Å². The second kappa shape index (κ2) is 9.62. The molecular weight excluding hydrogens is 448 g/mol. The van der Waals surface area contributed by atoms with Gasteiger partial charge >= 0.3 is 5.97 Å². The van der Waals surface area contributed by atoms with Crippen LogP contribution in [0.3, 0.4) is 0 Å². The molecule has 0 bridgehead atoms. The largest absolute Gasteiger partial charge is 0.465 e. The summed E-state index contributed by atoms with van der Waals surface area (Å²) in [5.41, 5.74) is 5.09. The van der Waals surface area contributed by atoms with E-state index < -0.39 is 0 Å². The number of rotatable bonds is 8. The molecule has 0 spiro atoms. The summed E-state index contributed by atoms with van der Waals surface area (Å²) < 4.78 is 13.4. The van der Waals surface area contributed by atoms with Gasteiger partial charge < -0.3 is 19.4 Å². The van der Waals surface area contributed by atoms with Gasteiger partial charge in [-0.05, 0) is 48.9 Å². The number of nitrogens with one attached hydrogen (secondary N) is 1. The van der Waals surface area contributed by atoms with Crippen molar-refractivity contribution >= 4 is 49.4 Å². The zero-order valence-corrected chi connectivity index (χ0v) is 19.8. The van der Waals surface area contributed by atoms with Gasteiger partial charge in [0.25, 0.3) is 0 Å². The normalized spacial score (nSPS) is 11.2. The van der Waals surface area contributed by atoms with Gasteiger partial charge in [0.1, 0.15) is 5.82 Å². The first-order valence-corrected chi connectivity index (χ1v) is 11.8. The number of ether oxygens (including phenoxy) is 2. The van der Waals surface area contributed by atoms with Gasteiger partial charge in [0.2, 0.25) is 0 Å². The molecule has 0 aliphatic rings. The molecule has 2 aromatic heterocycles. The molecule has 34 heavy (non-hydrogen) atoms. The number of anilines is 2. The van der Waals surface area contributed by atoms with E-state index in [2.05, 4.69) is 16.0 Å². The van der Waals surface area contributed by atoms with E-state index in [9.17, 15) is 4.79 Å². The summed E-state index contributed by atoms with van der Waals surface area (Å²) in [5.74, 6) is 0.465. The van der Waals surface area contributed by atoms with Crippen LogP contribution in [0.2, 0.25) is 0 Å². The van der Waals surface area contributed by atoms with Crippen LogP contribution in [0.15, 0.2) is 66.7 Å². The molecule has 0 amide bonds. The van der Waals surface area contributed by atoms with Crippen molar-refractivity contribution < 1.29 is 14.3 Å².